The van der Waals surface area contributed by atoms with Crippen molar-refractivity contribution >= 4 is 51.9 Å². The van der Waals surface area contributed by atoms with E-state index in [1.54, 1.807) is 0 Å². The molecule has 0 saturated heterocycles. The molecule has 0 bridgehead atoms. The van der Waals surface area contributed by atoms with Gasteiger partial charge in [-0.25, -0.2) is 0 Å². The molecule has 1 saturated carbocycles. The Hall–Kier alpha value is -7.52. The van der Waals surface area contributed by atoms with Crippen LogP contribution in [0.25, 0.3) is 33.4 Å². The smallest absolute Gasteiger partial charge is 0.0643 e. The van der Waals surface area contributed by atoms with Gasteiger partial charge in [0.2, 0.25) is 6.71 Å². The Morgan fingerprint density at radius 1 is 0.418 bits per heavy atom. The van der Waals surface area contributed by atoms with E-state index in [2.05, 4.69) is 294 Å². The quantitative estimate of drug-likeness (QED) is 0.146. The number of aryl methyl sites for hydroxylation is 1. The highest BCUT2D eigenvalue weighted by Crippen LogP contribution is 2.68. The summed E-state index contributed by atoms with van der Waals surface area (Å²) in [6, 6.07) is 89.0. The molecule has 386 valence electrons. The van der Waals surface area contributed by atoms with E-state index in [-0.39, 0.29) is 40.2 Å². The monoisotopic (exact) mass is 1030 g/mol. The van der Waals surface area contributed by atoms with E-state index in [0.29, 0.717) is 0 Å². The lowest BCUT2D eigenvalue weighted by Crippen LogP contribution is -2.73. The van der Waals surface area contributed by atoms with Crippen molar-refractivity contribution in [2.24, 2.45) is 0 Å². The number of hydrogen-bond donors (Lipinski definition) is 0. The summed E-state index contributed by atoms with van der Waals surface area (Å²) in [6.45, 7) is 23.8. The van der Waals surface area contributed by atoms with Gasteiger partial charge in [0.1, 0.15) is 0 Å². The minimum atomic E-state index is -2.85. The Morgan fingerprint density at radius 2 is 0.937 bits per heavy atom. The zero-order chi connectivity index (χ0) is 54.4. The van der Waals surface area contributed by atoms with Crippen molar-refractivity contribution in [1.82, 2.24) is 0 Å². The van der Waals surface area contributed by atoms with E-state index >= 15 is 0 Å². The second-order valence-electron chi connectivity index (χ2n) is 26.9. The van der Waals surface area contributed by atoms with Gasteiger partial charge in [-0.3, -0.25) is 0 Å². The first-order valence-corrected chi connectivity index (χ1v) is 31.1. The lowest BCUT2D eigenvalue weighted by atomic mass is 9.31. The topological polar surface area (TPSA) is 0 Å². The van der Waals surface area contributed by atoms with Crippen LogP contribution in [0.1, 0.15) is 136 Å². The Morgan fingerprint density at radius 3 is 1.51 bits per heavy atom. The standard InChI is InChI=1S/C77H71BSi/c1-49-41-62-66-48-77(66,72-59(50-25-15-11-16-26-50)43-55(76(8,9)10)44-60(72)51-27-17-12-18-28-51)65-40-39-54(75(5,6)7)45-68(65)78-67-46-61-58-33-23-24-34-69(58)79(56-29-19-13-20-30-56,57-31-21-14-22-32-57)70(61)47-63(67)71(64(42-49)73(62)78)52-35-37-53(38-36-52)74(2,3)4/h11-47,66,71H,48H2,1-10H3. The van der Waals surface area contributed by atoms with E-state index in [1.807, 2.05) is 0 Å². The number of fused-ring (bicyclic) bond motifs is 10. The van der Waals surface area contributed by atoms with Gasteiger partial charge < -0.3 is 0 Å². The molecule has 3 unspecified atom stereocenters. The maximum absolute atomic E-state index is 2.85. The molecular formula is C77H71BSi. The Labute approximate surface area is 471 Å². The zero-order valence-electron chi connectivity index (χ0n) is 47.8. The van der Waals surface area contributed by atoms with Crippen LogP contribution < -0.4 is 37.1 Å². The third-order valence-electron chi connectivity index (χ3n) is 19.0. The van der Waals surface area contributed by atoms with Crippen LogP contribution in [0.15, 0.2) is 224 Å². The van der Waals surface area contributed by atoms with Gasteiger partial charge in [0, 0.05) is 11.3 Å². The van der Waals surface area contributed by atoms with Crippen LogP contribution in [-0.2, 0) is 21.7 Å². The van der Waals surface area contributed by atoms with Crippen molar-refractivity contribution in [3.8, 4) is 33.4 Å². The molecule has 3 aliphatic heterocycles. The molecule has 79 heavy (non-hydrogen) atoms. The SMILES string of the molecule is Cc1cc2c3c(c1)C1CC1(c1c(-c4ccccc4)cc(C(C)(C)C)cc1-c1ccccc1)c1ccc(C(C)(C)C)cc1B3c1cc3c(cc1C2c1ccc(C(C)(C)C)cc1)[Si](c1ccccc1)(c1ccccc1)c1ccccc1-3. The molecule has 0 N–H and O–H groups in total. The van der Waals surface area contributed by atoms with Gasteiger partial charge in [0.15, 0.2) is 8.07 Å². The molecule has 0 aromatic heterocycles. The van der Waals surface area contributed by atoms with Crippen LogP contribution in [0.4, 0.5) is 0 Å². The van der Waals surface area contributed by atoms with Crippen LogP contribution in [0.3, 0.4) is 0 Å². The average Bonchev–Trinajstić information content (AvgIpc) is 2.33. The highest BCUT2D eigenvalue weighted by Gasteiger charge is 2.64. The van der Waals surface area contributed by atoms with Gasteiger partial charge in [0.25, 0.3) is 0 Å². The summed E-state index contributed by atoms with van der Waals surface area (Å²) in [5.74, 6) is 0.278. The molecular weight excluding hydrogens is 964 g/mol. The van der Waals surface area contributed by atoms with Crippen molar-refractivity contribution < 1.29 is 0 Å². The van der Waals surface area contributed by atoms with Crippen LogP contribution in [0.5, 0.6) is 0 Å². The van der Waals surface area contributed by atoms with Gasteiger partial charge in [-0.15, -0.1) is 0 Å². The van der Waals surface area contributed by atoms with E-state index in [9.17, 15) is 0 Å². The van der Waals surface area contributed by atoms with Gasteiger partial charge in [-0.05, 0) is 140 Å². The molecule has 1 fully saturated rings. The minimum absolute atomic E-state index is 0.00412. The predicted octanol–water partition coefficient (Wildman–Crippen LogP) is 14.4. The molecule has 2 heteroatoms. The number of hydrogen-bond acceptors (Lipinski definition) is 0. The lowest BCUT2D eigenvalue weighted by Gasteiger charge is -2.38. The van der Waals surface area contributed by atoms with Crippen molar-refractivity contribution in [3.05, 3.63) is 280 Å². The molecule has 10 aromatic rings. The molecule has 3 heterocycles. The summed E-state index contributed by atoms with van der Waals surface area (Å²) >= 11 is 0. The van der Waals surface area contributed by atoms with Gasteiger partial charge >= 0.3 is 0 Å². The van der Waals surface area contributed by atoms with Crippen LogP contribution in [-0.4, -0.2) is 14.8 Å². The molecule has 10 aromatic carbocycles. The first-order valence-electron chi connectivity index (χ1n) is 29.1. The van der Waals surface area contributed by atoms with Crippen molar-refractivity contribution in [2.75, 3.05) is 0 Å². The fourth-order valence-corrected chi connectivity index (χ4v) is 20.4. The second-order valence-corrected chi connectivity index (χ2v) is 30.6. The third kappa shape index (κ3) is 7.53. The highest BCUT2D eigenvalue weighted by molar-refractivity contribution is 7.22. The van der Waals surface area contributed by atoms with Gasteiger partial charge in [-0.1, -0.05) is 309 Å². The second kappa shape index (κ2) is 17.7. The summed E-state index contributed by atoms with van der Waals surface area (Å²) in [7, 11) is -2.85. The summed E-state index contributed by atoms with van der Waals surface area (Å²) in [5, 5.41) is 5.87. The fourth-order valence-electron chi connectivity index (χ4n) is 15.2. The molecule has 0 nitrogen and oxygen atoms in total. The number of benzene rings is 10. The highest BCUT2D eigenvalue weighted by atomic mass is 28.3. The first kappa shape index (κ1) is 49.8. The van der Waals surface area contributed by atoms with E-state index in [1.165, 1.54) is 126 Å². The van der Waals surface area contributed by atoms with E-state index in [0.717, 1.165) is 6.42 Å². The molecule has 0 spiro atoms. The van der Waals surface area contributed by atoms with Crippen molar-refractivity contribution in [2.45, 2.75) is 109 Å². The van der Waals surface area contributed by atoms with E-state index < -0.39 is 8.07 Å². The van der Waals surface area contributed by atoms with Crippen LogP contribution in [0, 0.1) is 6.92 Å². The summed E-state index contributed by atoms with van der Waals surface area (Å²) < 4.78 is 0. The minimum Gasteiger partial charge on any atom is -0.0643 e. The zero-order valence-corrected chi connectivity index (χ0v) is 48.8. The largest absolute Gasteiger partial charge is 0.242 e. The van der Waals surface area contributed by atoms with Crippen LogP contribution >= 0.6 is 0 Å². The average molecular weight is 1040 g/mol. The molecule has 0 radical (unpaired) electrons. The summed E-state index contributed by atoms with van der Waals surface area (Å²) in [4.78, 5) is 0. The normalized spacial score (nSPS) is 18.3. The fraction of sp³-hybridized carbons (Fsp3) is 0.221. The molecule has 3 atom stereocenters. The van der Waals surface area contributed by atoms with Crippen LogP contribution in [0.2, 0.25) is 0 Å². The Kier molecular flexibility index (Phi) is 11.2. The van der Waals surface area contributed by atoms with E-state index in [4.69, 9.17) is 0 Å². The summed E-state index contributed by atoms with van der Waals surface area (Å²) in [5.41, 5.74) is 26.4. The van der Waals surface area contributed by atoms with Crippen molar-refractivity contribution in [1.29, 1.82) is 0 Å². The first-order chi connectivity index (χ1) is 38.0. The maximum Gasteiger partial charge on any atom is 0.242 e. The Balaban J connectivity index is 1.14. The lowest BCUT2D eigenvalue weighted by molar-refractivity contribution is 0.589. The number of rotatable bonds is 6. The van der Waals surface area contributed by atoms with Crippen molar-refractivity contribution in [3.63, 3.8) is 0 Å². The molecule has 0 amide bonds. The Bertz CT molecular complexity index is 3940. The third-order valence-corrected chi connectivity index (χ3v) is 23.9. The molecule has 14 rings (SSSR count). The van der Waals surface area contributed by atoms with Gasteiger partial charge in [-0.2, -0.15) is 0 Å². The van der Waals surface area contributed by atoms with Gasteiger partial charge in [0.05, 0.1) is 0 Å². The molecule has 4 aliphatic rings. The molecule has 1 aliphatic carbocycles. The predicted molar refractivity (Wildman–Crippen MR) is 340 cm³/mol. The maximum atomic E-state index is 2.78. The summed E-state index contributed by atoms with van der Waals surface area (Å²) in [6.07, 6.45) is 1.05.